The van der Waals surface area contributed by atoms with Crippen LogP contribution in [0.3, 0.4) is 0 Å². The Labute approximate surface area is 110 Å². The van der Waals surface area contributed by atoms with Crippen LogP contribution in [0.2, 0.25) is 0 Å². The largest absolute Gasteiger partial charge is 0.490 e. The van der Waals surface area contributed by atoms with Gasteiger partial charge in [-0.3, -0.25) is 0 Å². The molecule has 0 fully saturated rings. The third-order valence-electron chi connectivity index (χ3n) is 2.07. The molecule has 0 unspecified atom stereocenters. The fraction of sp³-hybridized carbons (Fsp3) is 0.500. The first-order chi connectivity index (χ1) is 8.22. The molecule has 0 aliphatic rings. The number of hydrogen-bond donors (Lipinski definition) is 1. The van der Waals surface area contributed by atoms with Crippen molar-refractivity contribution in [1.29, 1.82) is 0 Å². The normalized spacial score (nSPS) is 10.4. The van der Waals surface area contributed by atoms with Crippen LogP contribution in [0.25, 0.3) is 0 Å². The van der Waals surface area contributed by atoms with Gasteiger partial charge >= 0.3 is 0 Å². The van der Waals surface area contributed by atoms with Crippen molar-refractivity contribution in [1.82, 2.24) is 5.32 Å². The van der Waals surface area contributed by atoms with Gasteiger partial charge in [0.1, 0.15) is 0 Å². The van der Waals surface area contributed by atoms with Crippen molar-refractivity contribution < 1.29 is 14.2 Å². The molecule has 0 saturated carbocycles. The Morgan fingerprint density at radius 2 is 2.06 bits per heavy atom. The van der Waals surface area contributed by atoms with Gasteiger partial charge in [0.15, 0.2) is 18.3 Å². The second kappa shape index (κ2) is 7.53. The molecule has 0 saturated heterocycles. The maximum absolute atomic E-state index is 5.56. The minimum Gasteiger partial charge on any atom is -0.490 e. The van der Waals surface area contributed by atoms with Crippen LogP contribution in [0.5, 0.6) is 11.5 Å². The highest BCUT2D eigenvalue weighted by atomic mass is 79.9. The van der Waals surface area contributed by atoms with Crippen molar-refractivity contribution in [3.05, 3.63) is 22.2 Å². The predicted molar refractivity (Wildman–Crippen MR) is 70.6 cm³/mol. The summed E-state index contributed by atoms with van der Waals surface area (Å²) in [6.45, 7) is 3.52. The number of halogens is 1. The highest BCUT2D eigenvalue weighted by Gasteiger charge is 2.11. The maximum atomic E-state index is 5.56. The first-order valence-corrected chi connectivity index (χ1v) is 6.23. The molecule has 0 spiro atoms. The molecule has 4 nitrogen and oxygen atoms in total. The first kappa shape index (κ1) is 14.3. The number of rotatable bonds is 7. The summed E-state index contributed by atoms with van der Waals surface area (Å²) in [5.41, 5.74) is 1.13. The lowest BCUT2D eigenvalue weighted by Gasteiger charge is -2.14. The number of ether oxygens (including phenoxy) is 3. The van der Waals surface area contributed by atoms with Crippen molar-refractivity contribution in [2.24, 2.45) is 0 Å². The van der Waals surface area contributed by atoms with Gasteiger partial charge in [-0.25, -0.2) is 0 Å². The lowest BCUT2D eigenvalue weighted by molar-refractivity contribution is 0.0481. The molecule has 0 amide bonds. The Balaban J connectivity index is 2.99. The van der Waals surface area contributed by atoms with Crippen molar-refractivity contribution >= 4 is 15.9 Å². The number of nitrogens with one attached hydrogen (secondary N) is 1. The molecule has 0 aliphatic heterocycles. The van der Waals surface area contributed by atoms with Crippen LogP contribution in [0.1, 0.15) is 12.5 Å². The van der Waals surface area contributed by atoms with Gasteiger partial charge < -0.3 is 19.5 Å². The minimum atomic E-state index is 0.198. The summed E-state index contributed by atoms with van der Waals surface area (Å²) in [5, 5.41) is 3.10. The van der Waals surface area contributed by atoms with E-state index in [1.165, 1.54) is 0 Å². The van der Waals surface area contributed by atoms with Crippen LogP contribution < -0.4 is 14.8 Å². The van der Waals surface area contributed by atoms with Gasteiger partial charge in [0, 0.05) is 13.7 Å². The minimum absolute atomic E-state index is 0.198. The van der Waals surface area contributed by atoms with E-state index in [1.54, 1.807) is 7.11 Å². The molecule has 0 aliphatic carbocycles. The van der Waals surface area contributed by atoms with Gasteiger partial charge in [0.25, 0.3) is 0 Å². The molecular weight excluding hydrogens is 286 g/mol. The molecule has 96 valence electrons. The van der Waals surface area contributed by atoms with Crippen LogP contribution in [0.4, 0.5) is 0 Å². The molecule has 1 N–H and O–H groups in total. The van der Waals surface area contributed by atoms with Crippen LogP contribution in [0, 0.1) is 0 Å². The molecule has 1 rings (SSSR count). The van der Waals surface area contributed by atoms with Crippen molar-refractivity contribution in [2.45, 2.75) is 13.5 Å². The second-order valence-electron chi connectivity index (χ2n) is 3.42. The van der Waals surface area contributed by atoms with E-state index < -0.39 is 0 Å². The molecule has 1 aromatic rings. The quantitative estimate of drug-likeness (QED) is 0.786. The van der Waals surface area contributed by atoms with E-state index in [1.807, 2.05) is 26.1 Å². The van der Waals surface area contributed by atoms with Crippen molar-refractivity contribution in [2.75, 3.05) is 27.6 Å². The van der Waals surface area contributed by atoms with E-state index in [2.05, 4.69) is 21.2 Å². The van der Waals surface area contributed by atoms with Crippen LogP contribution in [0.15, 0.2) is 16.6 Å². The summed E-state index contributed by atoms with van der Waals surface area (Å²) in [6.07, 6.45) is 0. The lowest BCUT2D eigenvalue weighted by atomic mass is 10.2. The Bertz CT molecular complexity index is 358. The van der Waals surface area contributed by atoms with Crippen molar-refractivity contribution in [3.63, 3.8) is 0 Å². The van der Waals surface area contributed by atoms with Gasteiger partial charge in [0.05, 0.1) is 11.1 Å². The van der Waals surface area contributed by atoms with E-state index in [4.69, 9.17) is 14.2 Å². The summed E-state index contributed by atoms with van der Waals surface area (Å²) in [5.74, 6) is 1.40. The van der Waals surface area contributed by atoms with Gasteiger partial charge in [-0.05, 0) is 47.6 Å². The summed E-state index contributed by atoms with van der Waals surface area (Å²) < 4.78 is 16.8. The summed E-state index contributed by atoms with van der Waals surface area (Å²) >= 11 is 3.48. The fourth-order valence-electron chi connectivity index (χ4n) is 1.45. The van der Waals surface area contributed by atoms with E-state index in [0.29, 0.717) is 12.4 Å². The highest BCUT2D eigenvalue weighted by molar-refractivity contribution is 9.10. The predicted octanol–water partition coefficient (Wildman–Crippen LogP) is 2.55. The van der Waals surface area contributed by atoms with Gasteiger partial charge in [0.2, 0.25) is 0 Å². The average Bonchev–Trinajstić information content (AvgIpc) is 2.29. The summed E-state index contributed by atoms with van der Waals surface area (Å²) in [4.78, 5) is 0. The smallest absolute Gasteiger partial charge is 0.188 e. The van der Waals surface area contributed by atoms with Gasteiger partial charge in [-0.1, -0.05) is 0 Å². The van der Waals surface area contributed by atoms with E-state index >= 15 is 0 Å². The third-order valence-corrected chi connectivity index (χ3v) is 2.66. The zero-order valence-electron chi connectivity index (χ0n) is 10.4. The van der Waals surface area contributed by atoms with Gasteiger partial charge in [-0.15, -0.1) is 0 Å². The fourth-order valence-corrected chi connectivity index (χ4v) is 2.05. The van der Waals surface area contributed by atoms with E-state index in [0.717, 1.165) is 22.3 Å². The molecule has 17 heavy (non-hydrogen) atoms. The Morgan fingerprint density at radius 3 is 2.65 bits per heavy atom. The van der Waals surface area contributed by atoms with E-state index in [-0.39, 0.29) is 6.79 Å². The van der Waals surface area contributed by atoms with Crippen LogP contribution in [-0.4, -0.2) is 27.6 Å². The van der Waals surface area contributed by atoms with Crippen LogP contribution >= 0.6 is 15.9 Å². The lowest BCUT2D eigenvalue weighted by Crippen LogP contribution is -2.07. The molecule has 1 aromatic carbocycles. The Kier molecular flexibility index (Phi) is 6.32. The monoisotopic (exact) mass is 303 g/mol. The third kappa shape index (κ3) is 4.18. The number of methoxy groups -OCH3 is 1. The zero-order chi connectivity index (χ0) is 12.7. The maximum Gasteiger partial charge on any atom is 0.188 e. The summed E-state index contributed by atoms with van der Waals surface area (Å²) in [6, 6.07) is 3.97. The molecule has 0 aromatic heterocycles. The standard InChI is InChI=1S/C12H18BrNO3/c1-4-16-11-6-9(7-14-2)5-10(13)12(11)17-8-15-3/h5-6,14H,4,7-8H2,1-3H3. The highest BCUT2D eigenvalue weighted by Crippen LogP contribution is 2.36. The number of benzene rings is 1. The second-order valence-corrected chi connectivity index (χ2v) is 4.27. The molecule has 0 radical (unpaired) electrons. The topological polar surface area (TPSA) is 39.7 Å². The zero-order valence-corrected chi connectivity index (χ0v) is 12.0. The van der Waals surface area contributed by atoms with Gasteiger partial charge in [-0.2, -0.15) is 0 Å². The average molecular weight is 304 g/mol. The van der Waals surface area contributed by atoms with E-state index in [9.17, 15) is 0 Å². The summed E-state index contributed by atoms with van der Waals surface area (Å²) in [7, 11) is 3.49. The Hall–Kier alpha value is -0.780. The Morgan fingerprint density at radius 1 is 1.29 bits per heavy atom. The molecule has 5 heteroatoms. The first-order valence-electron chi connectivity index (χ1n) is 5.44. The molecule has 0 heterocycles. The number of hydrogen-bond acceptors (Lipinski definition) is 4. The molecule has 0 bridgehead atoms. The molecule has 0 atom stereocenters. The van der Waals surface area contributed by atoms with Crippen molar-refractivity contribution in [3.8, 4) is 11.5 Å². The molecular formula is C12H18BrNO3. The van der Waals surface area contributed by atoms with Crippen LogP contribution in [-0.2, 0) is 11.3 Å². The SMILES string of the molecule is CCOc1cc(CNC)cc(Br)c1OCOC.